The zero-order chi connectivity index (χ0) is 17.3. The minimum absolute atomic E-state index is 0.118. The molecule has 0 fully saturated rings. The molecule has 0 aliphatic heterocycles. The van der Waals surface area contributed by atoms with Gasteiger partial charge in [0.05, 0.1) is 4.92 Å². The average Bonchev–Trinajstić information content (AvgIpc) is 2.53. The second-order valence-electron chi connectivity index (χ2n) is 4.89. The fourth-order valence-corrected chi connectivity index (χ4v) is 2.15. The Balaban J connectivity index is 2.01. The number of non-ortho nitro benzene ring substituents is 1. The van der Waals surface area contributed by atoms with Crippen LogP contribution in [-0.2, 0) is 0 Å². The van der Waals surface area contributed by atoms with Gasteiger partial charge in [-0.05, 0) is 30.3 Å². The number of halogens is 1. The summed E-state index contributed by atoms with van der Waals surface area (Å²) < 4.78 is 18.1. The maximum atomic E-state index is 13.1. The average molecular weight is 328 g/mol. The highest BCUT2D eigenvalue weighted by Crippen LogP contribution is 2.21. The van der Waals surface area contributed by atoms with E-state index in [1.54, 1.807) is 0 Å². The Hall–Kier alpha value is -3.55. The molecule has 0 aliphatic rings. The molecule has 0 unspecified atom stereocenters. The summed E-state index contributed by atoms with van der Waals surface area (Å²) in [6.45, 7) is 0. The van der Waals surface area contributed by atoms with Crippen molar-refractivity contribution in [2.45, 2.75) is 0 Å². The second kappa shape index (κ2) is 5.92. The predicted molar refractivity (Wildman–Crippen MR) is 83.5 cm³/mol. The zero-order valence-electron chi connectivity index (χ0n) is 12.0. The van der Waals surface area contributed by atoms with Gasteiger partial charge in [0.25, 0.3) is 11.6 Å². The number of anilines is 1. The molecule has 0 saturated heterocycles. The number of carbonyl (C=O) groups excluding carboxylic acids is 1. The summed E-state index contributed by atoms with van der Waals surface area (Å²) in [5.41, 5.74) is -1.16. The van der Waals surface area contributed by atoms with Crippen LogP contribution in [0.5, 0.6) is 0 Å². The van der Waals surface area contributed by atoms with Gasteiger partial charge in [-0.1, -0.05) is 6.07 Å². The van der Waals surface area contributed by atoms with Gasteiger partial charge in [0.1, 0.15) is 17.0 Å². The molecule has 120 valence electrons. The van der Waals surface area contributed by atoms with Crippen LogP contribution in [-0.4, -0.2) is 10.8 Å². The standard InChI is InChI=1S/C16H9FN2O5/c17-10-2-1-3-11(8-10)18-15(20)13-7-9-6-12(19(22)23)4-5-14(9)24-16(13)21/h1-8H,(H,18,20). The quantitative estimate of drug-likeness (QED) is 0.452. The lowest BCUT2D eigenvalue weighted by molar-refractivity contribution is -0.384. The van der Waals surface area contributed by atoms with Crippen molar-refractivity contribution < 1.29 is 18.5 Å². The van der Waals surface area contributed by atoms with Gasteiger partial charge in [-0.15, -0.1) is 0 Å². The van der Waals surface area contributed by atoms with Crippen LogP contribution in [0.15, 0.2) is 57.7 Å². The van der Waals surface area contributed by atoms with E-state index in [1.807, 2.05) is 0 Å². The Labute approximate surface area is 133 Å². The van der Waals surface area contributed by atoms with E-state index in [4.69, 9.17) is 4.42 Å². The van der Waals surface area contributed by atoms with Gasteiger partial charge < -0.3 is 9.73 Å². The maximum absolute atomic E-state index is 13.1. The molecule has 0 saturated carbocycles. The Bertz CT molecular complexity index is 1030. The van der Waals surface area contributed by atoms with Crippen molar-refractivity contribution in [1.29, 1.82) is 0 Å². The third-order valence-corrected chi connectivity index (χ3v) is 3.25. The number of nitro benzene ring substituents is 1. The van der Waals surface area contributed by atoms with Gasteiger partial charge in [0.2, 0.25) is 0 Å². The SMILES string of the molecule is O=C(Nc1cccc(F)c1)c1cc2cc([N+](=O)[O-])ccc2oc1=O. The fourth-order valence-electron chi connectivity index (χ4n) is 2.15. The molecule has 7 nitrogen and oxygen atoms in total. The zero-order valence-corrected chi connectivity index (χ0v) is 12.0. The number of carbonyl (C=O) groups is 1. The summed E-state index contributed by atoms with van der Waals surface area (Å²) in [6, 6.07) is 10.0. The number of fused-ring (bicyclic) bond motifs is 1. The van der Waals surface area contributed by atoms with Crippen molar-refractivity contribution in [3.63, 3.8) is 0 Å². The number of amides is 1. The normalized spacial score (nSPS) is 10.5. The first-order valence-electron chi connectivity index (χ1n) is 6.73. The van der Waals surface area contributed by atoms with Gasteiger partial charge in [-0.25, -0.2) is 9.18 Å². The first-order valence-corrected chi connectivity index (χ1v) is 6.73. The molecule has 3 aromatic rings. The molecule has 3 rings (SSSR count). The van der Waals surface area contributed by atoms with Crippen LogP contribution in [0, 0.1) is 15.9 Å². The molecular formula is C16H9FN2O5. The Morgan fingerprint density at radius 2 is 1.96 bits per heavy atom. The Morgan fingerprint density at radius 3 is 2.67 bits per heavy atom. The summed E-state index contributed by atoms with van der Waals surface area (Å²) in [5, 5.41) is 13.4. The molecule has 1 N–H and O–H groups in total. The smallest absolute Gasteiger partial charge is 0.349 e. The summed E-state index contributed by atoms with van der Waals surface area (Å²) in [7, 11) is 0. The van der Waals surface area contributed by atoms with E-state index in [9.17, 15) is 24.1 Å². The molecule has 0 spiro atoms. The molecule has 1 amide bonds. The minimum Gasteiger partial charge on any atom is -0.422 e. The van der Waals surface area contributed by atoms with E-state index in [2.05, 4.69) is 5.32 Å². The minimum atomic E-state index is -0.898. The van der Waals surface area contributed by atoms with Crippen LogP contribution in [0.1, 0.15) is 10.4 Å². The third-order valence-electron chi connectivity index (χ3n) is 3.25. The monoisotopic (exact) mass is 328 g/mol. The number of nitro groups is 1. The molecule has 24 heavy (non-hydrogen) atoms. The number of nitrogens with zero attached hydrogens (tertiary/aromatic N) is 1. The summed E-state index contributed by atoms with van der Waals surface area (Å²) in [6.07, 6.45) is 0. The second-order valence-corrected chi connectivity index (χ2v) is 4.89. The van der Waals surface area contributed by atoms with Gasteiger partial charge >= 0.3 is 5.63 Å². The van der Waals surface area contributed by atoms with Crippen LogP contribution >= 0.6 is 0 Å². The lowest BCUT2D eigenvalue weighted by Gasteiger charge is -2.05. The molecule has 0 bridgehead atoms. The van der Waals surface area contributed by atoms with E-state index >= 15 is 0 Å². The Kier molecular flexibility index (Phi) is 3.78. The molecule has 0 atom stereocenters. The summed E-state index contributed by atoms with van der Waals surface area (Å²) in [5.74, 6) is -1.35. The van der Waals surface area contributed by atoms with E-state index in [0.29, 0.717) is 0 Å². The van der Waals surface area contributed by atoms with E-state index in [-0.39, 0.29) is 27.9 Å². The number of benzene rings is 2. The number of hydrogen-bond donors (Lipinski definition) is 1. The highest BCUT2D eigenvalue weighted by molar-refractivity contribution is 6.05. The molecule has 8 heteroatoms. The van der Waals surface area contributed by atoms with Gasteiger partial charge in [0, 0.05) is 23.2 Å². The Morgan fingerprint density at radius 1 is 1.17 bits per heavy atom. The summed E-state index contributed by atoms with van der Waals surface area (Å²) >= 11 is 0. The molecule has 1 heterocycles. The maximum Gasteiger partial charge on any atom is 0.349 e. The van der Waals surface area contributed by atoms with Crippen LogP contribution in [0.25, 0.3) is 11.0 Å². The topological polar surface area (TPSA) is 102 Å². The summed E-state index contributed by atoms with van der Waals surface area (Å²) in [4.78, 5) is 34.3. The number of rotatable bonds is 3. The first-order chi connectivity index (χ1) is 11.4. The van der Waals surface area contributed by atoms with Gasteiger partial charge in [0.15, 0.2) is 0 Å². The van der Waals surface area contributed by atoms with Crippen molar-refractivity contribution >= 4 is 28.3 Å². The van der Waals surface area contributed by atoms with Crippen molar-refractivity contribution in [3.05, 3.63) is 80.4 Å². The first kappa shape index (κ1) is 15.3. The van der Waals surface area contributed by atoms with Crippen molar-refractivity contribution in [1.82, 2.24) is 0 Å². The van der Waals surface area contributed by atoms with Crippen LogP contribution in [0.4, 0.5) is 15.8 Å². The third kappa shape index (κ3) is 2.98. The van der Waals surface area contributed by atoms with Gasteiger partial charge in [-0.2, -0.15) is 0 Å². The lowest BCUT2D eigenvalue weighted by atomic mass is 10.1. The van der Waals surface area contributed by atoms with Crippen LogP contribution < -0.4 is 10.9 Å². The fraction of sp³-hybridized carbons (Fsp3) is 0. The molecule has 0 aliphatic carbocycles. The van der Waals surface area contributed by atoms with Crippen LogP contribution in [0.3, 0.4) is 0 Å². The van der Waals surface area contributed by atoms with Crippen LogP contribution in [0.2, 0.25) is 0 Å². The highest BCUT2D eigenvalue weighted by Gasteiger charge is 2.16. The van der Waals surface area contributed by atoms with Crippen molar-refractivity contribution in [3.8, 4) is 0 Å². The van der Waals surface area contributed by atoms with Crippen molar-refractivity contribution in [2.75, 3.05) is 5.32 Å². The highest BCUT2D eigenvalue weighted by atomic mass is 19.1. The molecule has 0 radical (unpaired) electrons. The predicted octanol–water partition coefficient (Wildman–Crippen LogP) is 3.09. The largest absolute Gasteiger partial charge is 0.422 e. The van der Waals surface area contributed by atoms with Crippen molar-refractivity contribution in [2.24, 2.45) is 0 Å². The molecule has 2 aromatic carbocycles. The number of nitrogens with one attached hydrogen (secondary N) is 1. The van der Waals surface area contributed by atoms with Gasteiger partial charge in [-0.3, -0.25) is 14.9 Å². The molecule has 1 aromatic heterocycles. The van der Waals surface area contributed by atoms with E-state index in [1.165, 1.54) is 42.5 Å². The molecular weight excluding hydrogens is 319 g/mol. The van der Waals surface area contributed by atoms with E-state index in [0.717, 1.165) is 6.07 Å². The lowest BCUT2D eigenvalue weighted by Crippen LogP contribution is -2.20. The number of hydrogen-bond acceptors (Lipinski definition) is 5. The van der Waals surface area contributed by atoms with E-state index < -0.39 is 22.3 Å².